The minimum absolute atomic E-state index is 0.00841. The summed E-state index contributed by atoms with van der Waals surface area (Å²) in [5.74, 6) is -4.22. The van der Waals surface area contributed by atoms with Crippen LogP contribution in [0.15, 0.2) is 58.7 Å². The first kappa shape index (κ1) is 25.4. The highest BCUT2D eigenvalue weighted by Gasteiger charge is 2.53. The Morgan fingerprint density at radius 2 is 1.40 bits per heavy atom. The van der Waals surface area contributed by atoms with E-state index in [1.807, 2.05) is 0 Å². The molecule has 2 aromatic carbocycles. The van der Waals surface area contributed by atoms with Crippen molar-refractivity contribution in [1.29, 1.82) is 0 Å². The van der Waals surface area contributed by atoms with Gasteiger partial charge in [-0.3, -0.25) is 14.4 Å². The minimum atomic E-state index is -1.91. The number of benzene rings is 2. The van der Waals surface area contributed by atoms with Crippen LogP contribution >= 0.6 is 0 Å². The third-order valence-electron chi connectivity index (χ3n) is 8.06. The molecule has 10 nitrogen and oxygen atoms in total. The fourth-order valence-corrected chi connectivity index (χ4v) is 6.04. The largest absolute Gasteiger partial charge is 0.507 e. The molecule has 6 rings (SSSR count). The molecule has 0 aromatic heterocycles. The molecule has 2 aliphatic heterocycles. The molecule has 0 spiro atoms. The first-order valence-electron chi connectivity index (χ1n) is 12.4. The standard InChI is InChI=1S/C30H24O10/c1-11-9-17(33)22-25(36)20-18(39-29(22,3)27(11)37)8-6-13(23(20)34)14-5-7-15(31)19-24(35)21-16(32)10-12(2)28(38)30(21,4)40-26(14)19/h5-10,27,31,34-37H,1-4H3/t27-,29+,30+/m0/s1. The van der Waals surface area contributed by atoms with Crippen LogP contribution < -0.4 is 9.47 Å². The predicted molar refractivity (Wildman–Crippen MR) is 141 cm³/mol. The van der Waals surface area contributed by atoms with Crippen molar-refractivity contribution >= 4 is 28.9 Å². The predicted octanol–water partition coefficient (Wildman–Crippen LogP) is 3.59. The smallest absolute Gasteiger partial charge is 0.206 e. The lowest BCUT2D eigenvalue weighted by Crippen LogP contribution is -2.53. The lowest BCUT2D eigenvalue weighted by molar-refractivity contribution is -0.130. The van der Waals surface area contributed by atoms with Gasteiger partial charge in [0.05, 0.1) is 11.1 Å². The number of rotatable bonds is 1. The Morgan fingerprint density at radius 3 is 2.10 bits per heavy atom. The molecule has 4 aliphatic rings. The number of aliphatic hydroxyl groups is 3. The van der Waals surface area contributed by atoms with Gasteiger partial charge in [0.25, 0.3) is 0 Å². The highest BCUT2D eigenvalue weighted by Crippen LogP contribution is 2.55. The quantitative estimate of drug-likeness (QED) is 0.357. The van der Waals surface area contributed by atoms with E-state index in [0.29, 0.717) is 5.57 Å². The Morgan fingerprint density at radius 1 is 0.775 bits per heavy atom. The number of ether oxygens (including phenoxy) is 2. The van der Waals surface area contributed by atoms with Gasteiger partial charge in [-0.15, -0.1) is 0 Å². The van der Waals surface area contributed by atoms with E-state index in [-0.39, 0.29) is 50.5 Å². The first-order chi connectivity index (χ1) is 18.7. The van der Waals surface area contributed by atoms with Crippen LogP contribution in [0, 0.1) is 0 Å². The molecule has 10 heteroatoms. The molecule has 2 aromatic rings. The van der Waals surface area contributed by atoms with E-state index in [1.165, 1.54) is 51.1 Å². The summed E-state index contributed by atoms with van der Waals surface area (Å²) in [6, 6.07) is 5.42. The fraction of sp³-hybridized carbons (Fsp3) is 0.233. The van der Waals surface area contributed by atoms with Crippen molar-refractivity contribution in [2.45, 2.75) is 45.0 Å². The second-order valence-electron chi connectivity index (χ2n) is 10.6. The molecule has 0 fully saturated rings. The molecular weight excluding hydrogens is 520 g/mol. The van der Waals surface area contributed by atoms with Crippen molar-refractivity contribution in [2.24, 2.45) is 0 Å². The van der Waals surface area contributed by atoms with Gasteiger partial charge in [0, 0.05) is 16.7 Å². The molecule has 3 atom stereocenters. The molecule has 0 saturated heterocycles. The van der Waals surface area contributed by atoms with Gasteiger partial charge in [-0.1, -0.05) is 0 Å². The van der Waals surface area contributed by atoms with Gasteiger partial charge in [0.1, 0.15) is 51.7 Å². The lowest BCUT2D eigenvalue weighted by atomic mass is 9.75. The average Bonchev–Trinajstić information content (AvgIpc) is 2.86. The number of allylic oxidation sites excluding steroid dienone is 2. The topological polar surface area (TPSA) is 171 Å². The highest BCUT2D eigenvalue weighted by atomic mass is 16.5. The first-order valence-corrected chi connectivity index (χ1v) is 12.4. The Balaban J connectivity index is 1.59. The van der Waals surface area contributed by atoms with Crippen LogP contribution in [-0.4, -0.2) is 60.2 Å². The Kier molecular flexibility index (Phi) is 5.00. The van der Waals surface area contributed by atoms with E-state index in [2.05, 4.69) is 0 Å². The maximum absolute atomic E-state index is 13.1. The molecule has 0 amide bonds. The van der Waals surface area contributed by atoms with Gasteiger partial charge >= 0.3 is 0 Å². The molecule has 2 heterocycles. The van der Waals surface area contributed by atoms with Crippen molar-refractivity contribution < 1.29 is 49.4 Å². The maximum atomic E-state index is 13.1. The molecule has 2 aliphatic carbocycles. The Bertz CT molecular complexity index is 1750. The van der Waals surface area contributed by atoms with Crippen LogP contribution in [0.3, 0.4) is 0 Å². The van der Waals surface area contributed by atoms with Crippen molar-refractivity contribution in [3.05, 3.63) is 69.8 Å². The molecule has 0 radical (unpaired) electrons. The summed E-state index contributed by atoms with van der Waals surface area (Å²) in [6.45, 7) is 5.80. The molecule has 40 heavy (non-hydrogen) atoms. The van der Waals surface area contributed by atoms with Crippen LogP contribution in [0.2, 0.25) is 0 Å². The highest BCUT2D eigenvalue weighted by molar-refractivity contribution is 6.25. The molecular formula is C30H24O10. The van der Waals surface area contributed by atoms with Crippen LogP contribution in [0.4, 0.5) is 0 Å². The number of fused-ring (bicyclic) bond motifs is 4. The number of hydrogen-bond donors (Lipinski definition) is 5. The Labute approximate surface area is 227 Å². The molecule has 0 bridgehead atoms. The Hall–Kier alpha value is -4.83. The van der Waals surface area contributed by atoms with Crippen LogP contribution in [0.25, 0.3) is 22.6 Å². The number of phenolic OH excluding ortho intramolecular Hbond substituents is 2. The van der Waals surface area contributed by atoms with E-state index in [4.69, 9.17) is 9.47 Å². The summed E-state index contributed by atoms with van der Waals surface area (Å²) in [4.78, 5) is 38.8. The normalized spacial score (nSPS) is 27.1. The number of carbonyl (C=O) groups excluding carboxylic acids is 3. The van der Waals surface area contributed by atoms with Gasteiger partial charge in [0.2, 0.25) is 11.4 Å². The van der Waals surface area contributed by atoms with Crippen molar-refractivity contribution in [2.75, 3.05) is 0 Å². The average molecular weight is 545 g/mol. The van der Waals surface area contributed by atoms with Crippen molar-refractivity contribution in [1.82, 2.24) is 0 Å². The molecule has 204 valence electrons. The number of phenols is 2. The third-order valence-corrected chi connectivity index (χ3v) is 8.06. The van der Waals surface area contributed by atoms with E-state index in [9.17, 15) is 39.9 Å². The lowest BCUT2D eigenvalue weighted by Gasteiger charge is -2.42. The van der Waals surface area contributed by atoms with Crippen LogP contribution in [-0.2, 0) is 14.4 Å². The second kappa shape index (κ2) is 7.86. The monoisotopic (exact) mass is 544 g/mol. The zero-order valence-corrected chi connectivity index (χ0v) is 21.8. The van der Waals surface area contributed by atoms with Gasteiger partial charge in [-0.25, -0.2) is 0 Å². The summed E-state index contributed by atoms with van der Waals surface area (Å²) in [5, 5.41) is 55.2. The van der Waals surface area contributed by atoms with Crippen LogP contribution in [0.1, 0.15) is 38.8 Å². The zero-order chi connectivity index (χ0) is 29.0. The molecule has 5 N–H and O–H groups in total. The van der Waals surface area contributed by atoms with Crippen molar-refractivity contribution in [3.8, 4) is 34.1 Å². The zero-order valence-electron chi connectivity index (χ0n) is 21.8. The van der Waals surface area contributed by atoms with E-state index in [1.54, 1.807) is 6.92 Å². The van der Waals surface area contributed by atoms with Gasteiger partial charge in [-0.05, 0) is 69.7 Å². The SMILES string of the molecule is CC1=CC(=O)C2=C(O)c3c(O)ccc(-c4ccc5c(c4O)C(O)=C4C(=O)C=C(C)[C@H](O)[C@]4(C)O5)c3O[C@@]2(C)C1=O. The summed E-state index contributed by atoms with van der Waals surface area (Å²) >= 11 is 0. The third kappa shape index (κ3) is 2.99. The van der Waals surface area contributed by atoms with E-state index >= 15 is 0 Å². The van der Waals surface area contributed by atoms with Gasteiger partial charge < -0.3 is 35.0 Å². The van der Waals surface area contributed by atoms with Crippen molar-refractivity contribution in [3.63, 3.8) is 0 Å². The number of aromatic hydroxyl groups is 2. The number of aliphatic hydroxyl groups excluding tert-OH is 3. The summed E-state index contributed by atoms with van der Waals surface area (Å²) < 4.78 is 12.1. The summed E-state index contributed by atoms with van der Waals surface area (Å²) in [7, 11) is 0. The fourth-order valence-electron chi connectivity index (χ4n) is 6.04. The summed E-state index contributed by atoms with van der Waals surface area (Å²) in [5.41, 5.74) is -3.96. The van der Waals surface area contributed by atoms with Gasteiger partial charge in [0.15, 0.2) is 17.2 Å². The number of carbonyl (C=O) groups is 3. The molecule has 0 saturated carbocycles. The molecule has 0 unspecified atom stereocenters. The second-order valence-corrected chi connectivity index (χ2v) is 10.6. The minimum Gasteiger partial charge on any atom is -0.507 e. The van der Waals surface area contributed by atoms with E-state index in [0.717, 1.165) is 6.08 Å². The van der Waals surface area contributed by atoms with E-state index < -0.39 is 57.7 Å². The number of hydrogen-bond acceptors (Lipinski definition) is 10. The van der Waals surface area contributed by atoms with Gasteiger partial charge in [-0.2, -0.15) is 0 Å². The summed E-state index contributed by atoms with van der Waals surface area (Å²) in [6.07, 6.45) is 1.03. The number of ketones is 3. The number of Topliss-reactive ketones (excluding diaryl/α,β-unsaturated/α-hetero) is 1. The van der Waals surface area contributed by atoms with Crippen LogP contribution in [0.5, 0.6) is 23.0 Å². The maximum Gasteiger partial charge on any atom is 0.206 e.